The van der Waals surface area contributed by atoms with Crippen molar-refractivity contribution in [2.75, 3.05) is 31.6 Å². The fourth-order valence-corrected chi connectivity index (χ4v) is 3.30. The molecule has 0 atom stereocenters. The lowest BCUT2D eigenvalue weighted by Crippen LogP contribution is -2.54. The molecular formula is C18H25N3O3. The van der Waals surface area contributed by atoms with E-state index in [1.165, 1.54) is 0 Å². The Morgan fingerprint density at radius 3 is 2.50 bits per heavy atom. The molecule has 0 unspecified atom stereocenters. The number of carbonyl (C=O) groups excluding carboxylic acids is 2. The number of amides is 3. The third kappa shape index (κ3) is 3.38. The fraction of sp³-hybridized carbons (Fsp3) is 0.556. The summed E-state index contributed by atoms with van der Waals surface area (Å²) in [6.07, 6.45) is 2.94. The number of urea groups is 1. The van der Waals surface area contributed by atoms with Gasteiger partial charge >= 0.3 is 6.03 Å². The first-order valence-electron chi connectivity index (χ1n) is 8.62. The van der Waals surface area contributed by atoms with Gasteiger partial charge in [0.15, 0.2) is 0 Å². The lowest BCUT2D eigenvalue weighted by Gasteiger charge is -2.47. The Kier molecular flexibility index (Phi) is 4.76. The van der Waals surface area contributed by atoms with Gasteiger partial charge in [0.25, 0.3) is 5.91 Å². The van der Waals surface area contributed by atoms with E-state index in [-0.39, 0.29) is 17.5 Å². The van der Waals surface area contributed by atoms with Crippen molar-refractivity contribution in [1.29, 1.82) is 0 Å². The molecule has 3 amide bonds. The number of aryl methyl sites for hydroxylation is 1. The molecule has 2 saturated heterocycles. The Morgan fingerprint density at radius 2 is 1.96 bits per heavy atom. The molecule has 2 N–H and O–H groups in total. The van der Waals surface area contributed by atoms with E-state index < -0.39 is 0 Å². The van der Waals surface area contributed by atoms with Gasteiger partial charge in [-0.05, 0) is 56.9 Å². The number of piperidine rings is 1. The molecule has 0 aromatic heterocycles. The monoisotopic (exact) mass is 331 g/mol. The Morgan fingerprint density at radius 1 is 1.25 bits per heavy atom. The minimum atomic E-state index is -0.0969. The van der Waals surface area contributed by atoms with Crippen molar-refractivity contribution in [3.8, 4) is 0 Å². The maximum absolute atomic E-state index is 12.5. The molecule has 2 aliphatic heterocycles. The summed E-state index contributed by atoms with van der Waals surface area (Å²) in [6, 6.07) is 5.24. The van der Waals surface area contributed by atoms with E-state index in [4.69, 9.17) is 4.74 Å². The van der Waals surface area contributed by atoms with Gasteiger partial charge in [0.1, 0.15) is 0 Å². The van der Waals surface area contributed by atoms with Crippen LogP contribution in [0.25, 0.3) is 0 Å². The van der Waals surface area contributed by atoms with Crippen LogP contribution in [-0.2, 0) is 4.74 Å². The van der Waals surface area contributed by atoms with Crippen LogP contribution >= 0.6 is 0 Å². The summed E-state index contributed by atoms with van der Waals surface area (Å²) >= 11 is 0. The maximum atomic E-state index is 12.5. The molecule has 130 valence electrons. The Hall–Kier alpha value is -2.08. The van der Waals surface area contributed by atoms with Crippen molar-refractivity contribution in [2.45, 2.75) is 38.7 Å². The second kappa shape index (κ2) is 6.81. The SMILES string of the molecule is CCNC(=O)c1ccc(NC(=O)N2CCC3(CCO3)CC2)c(C)c1. The molecule has 6 nitrogen and oxygen atoms in total. The Balaban J connectivity index is 1.59. The average molecular weight is 331 g/mol. The molecule has 1 aromatic carbocycles. The van der Waals surface area contributed by atoms with E-state index in [2.05, 4.69) is 10.6 Å². The molecule has 0 bridgehead atoms. The van der Waals surface area contributed by atoms with E-state index in [9.17, 15) is 9.59 Å². The number of nitrogens with one attached hydrogen (secondary N) is 2. The van der Waals surface area contributed by atoms with Gasteiger partial charge in [0.2, 0.25) is 0 Å². The van der Waals surface area contributed by atoms with Crippen molar-refractivity contribution >= 4 is 17.6 Å². The highest BCUT2D eigenvalue weighted by molar-refractivity contribution is 5.96. The van der Waals surface area contributed by atoms with Crippen LogP contribution in [0.2, 0.25) is 0 Å². The first kappa shape index (κ1) is 16.8. The largest absolute Gasteiger partial charge is 0.375 e. The highest BCUT2D eigenvalue weighted by atomic mass is 16.5. The van der Waals surface area contributed by atoms with Gasteiger partial charge in [-0.15, -0.1) is 0 Å². The van der Waals surface area contributed by atoms with Crippen molar-refractivity contribution in [2.24, 2.45) is 0 Å². The number of rotatable bonds is 3. The minimum absolute atomic E-state index is 0.0426. The average Bonchev–Trinajstić information content (AvgIpc) is 2.55. The number of hydrogen-bond donors (Lipinski definition) is 2. The number of hydrogen-bond acceptors (Lipinski definition) is 3. The predicted octanol–water partition coefficient (Wildman–Crippen LogP) is 2.53. The smallest absolute Gasteiger partial charge is 0.321 e. The highest BCUT2D eigenvalue weighted by Crippen LogP contribution is 2.36. The number of likely N-dealkylation sites (tertiary alicyclic amines) is 1. The molecule has 6 heteroatoms. The van der Waals surface area contributed by atoms with Crippen molar-refractivity contribution in [3.63, 3.8) is 0 Å². The molecule has 0 saturated carbocycles. The molecule has 2 aliphatic rings. The minimum Gasteiger partial charge on any atom is -0.375 e. The van der Waals surface area contributed by atoms with Crippen molar-refractivity contribution in [3.05, 3.63) is 29.3 Å². The van der Waals surface area contributed by atoms with Crippen molar-refractivity contribution < 1.29 is 14.3 Å². The van der Waals surface area contributed by atoms with Gasteiger partial charge in [-0.25, -0.2) is 4.79 Å². The molecule has 1 spiro atoms. The summed E-state index contributed by atoms with van der Waals surface area (Å²) in [7, 11) is 0. The highest BCUT2D eigenvalue weighted by Gasteiger charge is 2.41. The quantitative estimate of drug-likeness (QED) is 0.894. The second-order valence-corrected chi connectivity index (χ2v) is 6.59. The van der Waals surface area contributed by atoms with Gasteiger partial charge in [0.05, 0.1) is 12.2 Å². The molecular weight excluding hydrogens is 306 g/mol. The van der Waals surface area contributed by atoms with E-state index >= 15 is 0 Å². The number of carbonyl (C=O) groups is 2. The van der Waals surface area contributed by atoms with Gasteiger partial charge in [-0.3, -0.25) is 4.79 Å². The van der Waals surface area contributed by atoms with Crippen LogP contribution in [0, 0.1) is 6.92 Å². The van der Waals surface area contributed by atoms with E-state index in [1.807, 2.05) is 18.7 Å². The summed E-state index contributed by atoms with van der Waals surface area (Å²) in [6.45, 7) is 6.67. The molecule has 0 radical (unpaired) electrons. The third-order valence-electron chi connectivity index (χ3n) is 5.00. The lowest BCUT2D eigenvalue weighted by atomic mass is 9.84. The van der Waals surface area contributed by atoms with Crippen LogP contribution in [0.5, 0.6) is 0 Å². The van der Waals surface area contributed by atoms with Crippen LogP contribution < -0.4 is 10.6 Å². The first-order chi connectivity index (χ1) is 11.5. The zero-order valence-corrected chi connectivity index (χ0v) is 14.4. The van der Waals surface area contributed by atoms with Crippen LogP contribution in [0.4, 0.5) is 10.5 Å². The van der Waals surface area contributed by atoms with Gasteiger partial charge < -0.3 is 20.3 Å². The topological polar surface area (TPSA) is 70.7 Å². The summed E-state index contributed by atoms with van der Waals surface area (Å²) < 4.78 is 5.68. The van der Waals surface area contributed by atoms with Crippen LogP contribution in [-0.4, -0.2) is 48.7 Å². The Labute approximate surface area is 142 Å². The number of nitrogens with zero attached hydrogens (tertiary/aromatic N) is 1. The summed E-state index contributed by atoms with van der Waals surface area (Å²) in [5.74, 6) is -0.0969. The zero-order valence-electron chi connectivity index (χ0n) is 14.4. The zero-order chi connectivity index (χ0) is 17.2. The fourth-order valence-electron chi connectivity index (χ4n) is 3.30. The molecule has 2 heterocycles. The van der Waals surface area contributed by atoms with Crippen LogP contribution in [0.1, 0.15) is 42.1 Å². The number of anilines is 1. The molecule has 2 fully saturated rings. The second-order valence-electron chi connectivity index (χ2n) is 6.59. The first-order valence-corrected chi connectivity index (χ1v) is 8.62. The Bertz CT molecular complexity index is 630. The van der Waals surface area contributed by atoms with Gasteiger partial charge in [-0.2, -0.15) is 0 Å². The summed E-state index contributed by atoms with van der Waals surface area (Å²) in [5, 5.41) is 5.73. The molecule has 3 rings (SSSR count). The number of benzene rings is 1. The predicted molar refractivity (Wildman–Crippen MR) is 92.3 cm³/mol. The standard InChI is InChI=1S/C18H25N3O3/c1-3-19-16(22)14-4-5-15(13(2)12-14)20-17(23)21-9-6-18(7-10-21)8-11-24-18/h4-5,12H,3,6-11H2,1-2H3,(H,19,22)(H,20,23). The van der Waals surface area contributed by atoms with E-state index in [0.29, 0.717) is 12.1 Å². The van der Waals surface area contributed by atoms with Gasteiger partial charge in [-0.1, -0.05) is 0 Å². The molecule has 0 aliphatic carbocycles. The summed E-state index contributed by atoms with van der Waals surface area (Å²) in [5.41, 5.74) is 2.27. The lowest BCUT2D eigenvalue weighted by molar-refractivity contribution is -0.168. The third-order valence-corrected chi connectivity index (χ3v) is 5.00. The van der Waals surface area contributed by atoms with Crippen molar-refractivity contribution in [1.82, 2.24) is 10.2 Å². The normalized spacial score (nSPS) is 18.8. The number of ether oxygens (including phenoxy) is 1. The summed E-state index contributed by atoms with van der Waals surface area (Å²) in [4.78, 5) is 26.1. The molecule has 24 heavy (non-hydrogen) atoms. The van der Waals surface area contributed by atoms with Gasteiger partial charge in [0, 0.05) is 30.9 Å². The maximum Gasteiger partial charge on any atom is 0.321 e. The molecule has 1 aromatic rings. The van der Waals surface area contributed by atoms with E-state index in [0.717, 1.165) is 50.2 Å². The van der Waals surface area contributed by atoms with Crippen LogP contribution in [0.3, 0.4) is 0 Å². The van der Waals surface area contributed by atoms with E-state index in [1.54, 1.807) is 18.2 Å². The van der Waals surface area contributed by atoms with Crippen LogP contribution in [0.15, 0.2) is 18.2 Å².